The first-order chi connectivity index (χ1) is 19.1. The molecule has 4 heterocycles. The number of benzene rings is 1. The van der Waals surface area contributed by atoms with Crippen molar-refractivity contribution in [3.63, 3.8) is 0 Å². The molecule has 4 aliphatic heterocycles. The fourth-order valence-corrected chi connectivity index (χ4v) is 6.25. The number of likely N-dealkylation sites (tertiary alicyclic amines) is 1. The Hall–Kier alpha value is -2.77. The van der Waals surface area contributed by atoms with E-state index in [2.05, 4.69) is 10.2 Å². The zero-order valence-corrected chi connectivity index (χ0v) is 23.3. The number of nitrogens with zero attached hydrogens (tertiary/aromatic N) is 3. The molecule has 0 aliphatic carbocycles. The Labute approximate surface area is 234 Å². The minimum Gasteiger partial charge on any atom is -0.497 e. The molecule has 40 heavy (non-hydrogen) atoms. The van der Waals surface area contributed by atoms with Crippen LogP contribution in [0.2, 0.25) is 0 Å². The molecule has 3 amide bonds. The summed E-state index contributed by atoms with van der Waals surface area (Å²) in [6.45, 7) is 5.81. The van der Waals surface area contributed by atoms with Crippen molar-refractivity contribution in [2.45, 2.75) is 75.3 Å². The maximum absolute atomic E-state index is 13.7. The van der Waals surface area contributed by atoms with Crippen molar-refractivity contribution in [3.8, 4) is 5.75 Å². The topological polar surface area (TPSA) is 141 Å². The number of nitrogens with one attached hydrogen (secondary N) is 1. The van der Waals surface area contributed by atoms with Gasteiger partial charge in [0.1, 0.15) is 24.1 Å². The predicted octanol–water partition coefficient (Wildman–Crippen LogP) is -0.775. The normalized spacial score (nSPS) is 33.8. The van der Waals surface area contributed by atoms with Gasteiger partial charge in [-0.3, -0.25) is 19.3 Å². The van der Waals surface area contributed by atoms with E-state index in [0.717, 1.165) is 0 Å². The van der Waals surface area contributed by atoms with Crippen LogP contribution in [0, 0.1) is 0 Å². The highest BCUT2D eigenvalue weighted by Crippen LogP contribution is 2.28. The van der Waals surface area contributed by atoms with Crippen molar-refractivity contribution >= 4 is 17.7 Å². The van der Waals surface area contributed by atoms with Gasteiger partial charge in [-0.2, -0.15) is 0 Å². The first-order valence-electron chi connectivity index (χ1n) is 14.0. The zero-order valence-electron chi connectivity index (χ0n) is 23.3. The van der Waals surface area contributed by atoms with Crippen molar-refractivity contribution in [3.05, 3.63) is 29.8 Å². The van der Waals surface area contributed by atoms with Gasteiger partial charge in [-0.05, 0) is 44.5 Å². The maximum atomic E-state index is 13.7. The Balaban J connectivity index is 1.44. The number of carbonyl (C=O) groups excluding carboxylic acids is 3. The molecule has 12 nitrogen and oxygen atoms in total. The summed E-state index contributed by atoms with van der Waals surface area (Å²) in [4.78, 5) is 45.8. The lowest BCUT2D eigenvalue weighted by atomic mass is 10.0. The van der Waals surface area contributed by atoms with Gasteiger partial charge in [-0.15, -0.1) is 0 Å². The predicted molar refractivity (Wildman–Crippen MR) is 143 cm³/mol. The van der Waals surface area contributed by atoms with E-state index in [1.165, 1.54) is 4.90 Å². The fraction of sp³-hybridized carbons (Fsp3) is 0.679. The third-order valence-corrected chi connectivity index (χ3v) is 8.40. The summed E-state index contributed by atoms with van der Waals surface area (Å²) in [7, 11) is 1.54. The van der Waals surface area contributed by atoms with Crippen LogP contribution < -0.4 is 10.1 Å². The molecule has 0 spiro atoms. The Morgan fingerprint density at radius 1 is 1.05 bits per heavy atom. The van der Waals surface area contributed by atoms with Gasteiger partial charge in [-0.1, -0.05) is 0 Å². The van der Waals surface area contributed by atoms with Gasteiger partial charge in [0.15, 0.2) is 0 Å². The molecule has 1 aromatic carbocycles. The van der Waals surface area contributed by atoms with E-state index in [1.807, 2.05) is 13.8 Å². The van der Waals surface area contributed by atoms with E-state index in [-0.39, 0.29) is 55.4 Å². The SMILES string of the molecule is COc1ccc(C(=O)N2C[C@@H]3CN(CCO3)C(=O)[C@@H]3C[C@@H](CN3C(C)C)NC(=O)C[C@@H]3O[C@H](C2)[C@@H](O)[C@H]3O)cc1. The monoisotopic (exact) mass is 560 g/mol. The van der Waals surface area contributed by atoms with Gasteiger partial charge in [0, 0.05) is 50.4 Å². The fourth-order valence-electron chi connectivity index (χ4n) is 6.25. The maximum Gasteiger partial charge on any atom is 0.254 e. The molecule has 4 aliphatic rings. The van der Waals surface area contributed by atoms with Crippen molar-refractivity contribution < 1.29 is 38.8 Å². The van der Waals surface area contributed by atoms with E-state index in [4.69, 9.17) is 14.2 Å². The molecular formula is C28H40N4O8. The Kier molecular flexibility index (Phi) is 8.62. The molecule has 5 rings (SSSR count). The van der Waals surface area contributed by atoms with Crippen LogP contribution in [0.3, 0.4) is 0 Å². The summed E-state index contributed by atoms with van der Waals surface area (Å²) in [5.41, 5.74) is 0.410. The highest BCUT2D eigenvalue weighted by molar-refractivity contribution is 5.94. The summed E-state index contributed by atoms with van der Waals surface area (Å²) in [6.07, 6.45) is -4.50. The van der Waals surface area contributed by atoms with Crippen LogP contribution in [0.1, 0.15) is 37.0 Å². The molecule has 0 radical (unpaired) electrons. The number of fused-ring (bicyclic) bond motifs is 6. The van der Waals surface area contributed by atoms with Crippen LogP contribution >= 0.6 is 0 Å². The average molecular weight is 561 g/mol. The Morgan fingerprint density at radius 2 is 1.77 bits per heavy atom. The molecule has 220 valence electrons. The minimum absolute atomic E-state index is 0.00637. The van der Waals surface area contributed by atoms with Crippen molar-refractivity contribution in [1.29, 1.82) is 0 Å². The van der Waals surface area contributed by atoms with Gasteiger partial charge in [0.2, 0.25) is 11.8 Å². The number of hydrogen-bond acceptors (Lipinski definition) is 9. The second kappa shape index (κ2) is 12.0. The highest BCUT2D eigenvalue weighted by Gasteiger charge is 2.46. The Morgan fingerprint density at radius 3 is 2.48 bits per heavy atom. The van der Waals surface area contributed by atoms with E-state index >= 15 is 0 Å². The largest absolute Gasteiger partial charge is 0.497 e. The van der Waals surface area contributed by atoms with Crippen LogP contribution in [0.25, 0.3) is 0 Å². The number of rotatable bonds is 3. The van der Waals surface area contributed by atoms with E-state index in [9.17, 15) is 24.6 Å². The number of aliphatic hydroxyl groups excluding tert-OH is 2. The standard InChI is InChI=1S/C28H40N4O8/c1-16(2)32-12-18-10-21(32)28(37)30-8-9-39-20(13-30)14-31(27(36)17-4-6-19(38-3)7-5-17)15-23-26(35)25(34)22(40-23)11-24(33)29-18/h4-7,16,18,20-23,25-26,34-35H,8-15H2,1-3H3,(H,29,33)/t18-,20-,21-,22-,23+,25-,26+/m0/s1. The van der Waals surface area contributed by atoms with E-state index in [0.29, 0.717) is 44.0 Å². The molecule has 0 aromatic heterocycles. The number of aliphatic hydroxyl groups is 2. The van der Waals surface area contributed by atoms with Crippen molar-refractivity contribution in [2.24, 2.45) is 0 Å². The number of amides is 3. The number of ether oxygens (including phenoxy) is 3. The number of morpholine rings is 1. The average Bonchev–Trinajstić information content (AvgIpc) is 3.48. The van der Waals surface area contributed by atoms with Crippen molar-refractivity contribution in [1.82, 2.24) is 20.0 Å². The lowest BCUT2D eigenvalue weighted by molar-refractivity contribution is -0.144. The molecule has 3 N–H and O–H groups in total. The molecule has 1 aromatic rings. The first kappa shape index (κ1) is 28.7. The summed E-state index contributed by atoms with van der Waals surface area (Å²) in [5, 5.41) is 24.6. The van der Waals surface area contributed by atoms with Crippen LogP contribution in [-0.4, -0.2) is 138 Å². The highest BCUT2D eigenvalue weighted by atomic mass is 16.5. The molecule has 4 fully saturated rings. The Bertz CT molecular complexity index is 1080. The molecular weight excluding hydrogens is 520 g/mol. The van der Waals surface area contributed by atoms with E-state index < -0.39 is 30.5 Å². The summed E-state index contributed by atoms with van der Waals surface area (Å²) in [5.74, 6) is -0.0267. The smallest absolute Gasteiger partial charge is 0.254 e. The second-order valence-electron chi connectivity index (χ2n) is 11.4. The van der Waals surface area contributed by atoms with Gasteiger partial charge in [0.25, 0.3) is 5.91 Å². The quantitative estimate of drug-likeness (QED) is 0.434. The second-order valence-corrected chi connectivity index (χ2v) is 11.4. The zero-order chi connectivity index (χ0) is 28.6. The number of carbonyl (C=O) groups is 3. The lowest BCUT2D eigenvalue weighted by Crippen LogP contribution is -2.56. The third-order valence-electron chi connectivity index (χ3n) is 8.40. The molecule has 0 unspecified atom stereocenters. The molecule has 4 saturated heterocycles. The lowest BCUT2D eigenvalue weighted by Gasteiger charge is -2.39. The molecule has 12 heteroatoms. The third kappa shape index (κ3) is 5.96. The van der Waals surface area contributed by atoms with Crippen LogP contribution in [0.5, 0.6) is 5.75 Å². The van der Waals surface area contributed by atoms with Gasteiger partial charge in [0.05, 0.1) is 38.4 Å². The van der Waals surface area contributed by atoms with E-state index in [1.54, 1.807) is 36.3 Å². The molecule has 7 atom stereocenters. The van der Waals surface area contributed by atoms with Crippen molar-refractivity contribution in [2.75, 3.05) is 46.4 Å². The summed E-state index contributed by atoms with van der Waals surface area (Å²) < 4.78 is 17.2. The van der Waals surface area contributed by atoms with Crippen LogP contribution in [-0.2, 0) is 19.1 Å². The number of methoxy groups -OCH3 is 1. The van der Waals surface area contributed by atoms with Crippen LogP contribution in [0.4, 0.5) is 0 Å². The molecule has 6 bridgehead atoms. The number of hydrogen-bond donors (Lipinski definition) is 3. The molecule has 0 saturated carbocycles. The summed E-state index contributed by atoms with van der Waals surface area (Å²) >= 11 is 0. The summed E-state index contributed by atoms with van der Waals surface area (Å²) in [6, 6.07) is 6.19. The van der Waals surface area contributed by atoms with Gasteiger partial charge in [-0.25, -0.2) is 0 Å². The minimum atomic E-state index is -1.28. The van der Waals surface area contributed by atoms with Gasteiger partial charge < -0.3 is 39.5 Å². The first-order valence-corrected chi connectivity index (χ1v) is 14.0. The van der Waals surface area contributed by atoms with Gasteiger partial charge >= 0.3 is 0 Å². The van der Waals surface area contributed by atoms with Crippen LogP contribution in [0.15, 0.2) is 24.3 Å².